The van der Waals surface area contributed by atoms with E-state index in [1.54, 1.807) is 12.4 Å². The molecule has 17 heavy (non-hydrogen) atoms. The standard InChI is InChI=1S/C12H15F3N2/c13-12(14,15)10-3-4-11(17-7-5-10)9-2-1-6-16-8-9/h1-2,6,8,10-11,17H,3-5,7H2/t10-,11-/m0/s1. The molecule has 1 saturated heterocycles. The molecule has 2 nitrogen and oxygen atoms in total. The van der Waals surface area contributed by atoms with Crippen LogP contribution in [0.3, 0.4) is 0 Å². The van der Waals surface area contributed by atoms with E-state index in [-0.39, 0.29) is 18.9 Å². The van der Waals surface area contributed by atoms with Crippen molar-refractivity contribution in [2.45, 2.75) is 31.5 Å². The first-order valence-corrected chi connectivity index (χ1v) is 5.77. The monoisotopic (exact) mass is 244 g/mol. The lowest BCUT2D eigenvalue weighted by molar-refractivity contribution is -0.176. The fourth-order valence-corrected chi connectivity index (χ4v) is 2.24. The fourth-order valence-electron chi connectivity index (χ4n) is 2.24. The van der Waals surface area contributed by atoms with Gasteiger partial charge in [-0.25, -0.2) is 0 Å². The number of aromatic nitrogens is 1. The molecule has 94 valence electrons. The quantitative estimate of drug-likeness (QED) is 0.821. The maximum absolute atomic E-state index is 12.6. The van der Waals surface area contributed by atoms with Crippen LogP contribution in [0.5, 0.6) is 0 Å². The van der Waals surface area contributed by atoms with Crippen molar-refractivity contribution in [2.24, 2.45) is 5.92 Å². The number of nitrogens with zero attached hydrogens (tertiary/aromatic N) is 1. The normalized spacial score (nSPS) is 26.5. The summed E-state index contributed by atoms with van der Waals surface area (Å²) in [5.41, 5.74) is 0.968. The van der Waals surface area contributed by atoms with E-state index in [1.165, 1.54) is 0 Å². The Kier molecular flexibility index (Phi) is 3.66. The van der Waals surface area contributed by atoms with Crippen LogP contribution in [0.2, 0.25) is 0 Å². The Balaban J connectivity index is 2.01. The molecule has 0 aliphatic carbocycles. The average molecular weight is 244 g/mol. The number of hydrogen-bond donors (Lipinski definition) is 1. The van der Waals surface area contributed by atoms with Gasteiger partial charge in [-0.2, -0.15) is 13.2 Å². The van der Waals surface area contributed by atoms with Gasteiger partial charge in [0.1, 0.15) is 0 Å². The Hall–Kier alpha value is -1.10. The molecule has 0 bridgehead atoms. The first-order valence-electron chi connectivity index (χ1n) is 5.77. The van der Waals surface area contributed by atoms with Crippen molar-refractivity contribution in [1.29, 1.82) is 0 Å². The third-order valence-corrected chi connectivity index (χ3v) is 3.24. The van der Waals surface area contributed by atoms with E-state index in [2.05, 4.69) is 10.3 Å². The summed E-state index contributed by atoms with van der Waals surface area (Å²) in [5.74, 6) is -1.17. The van der Waals surface area contributed by atoms with Crippen molar-refractivity contribution < 1.29 is 13.2 Å². The Morgan fingerprint density at radius 2 is 2.06 bits per heavy atom. The number of nitrogens with one attached hydrogen (secondary N) is 1. The topological polar surface area (TPSA) is 24.9 Å². The van der Waals surface area contributed by atoms with Crippen LogP contribution in [0.25, 0.3) is 0 Å². The zero-order valence-corrected chi connectivity index (χ0v) is 9.37. The van der Waals surface area contributed by atoms with E-state index >= 15 is 0 Å². The molecular weight excluding hydrogens is 229 g/mol. The van der Waals surface area contributed by atoms with Crippen LogP contribution in [-0.2, 0) is 0 Å². The highest BCUT2D eigenvalue weighted by atomic mass is 19.4. The Labute approximate surface area is 98.2 Å². The highest BCUT2D eigenvalue weighted by molar-refractivity contribution is 5.14. The van der Waals surface area contributed by atoms with Gasteiger partial charge in [-0.15, -0.1) is 0 Å². The van der Waals surface area contributed by atoms with Crippen molar-refractivity contribution in [3.05, 3.63) is 30.1 Å². The molecule has 2 heterocycles. The summed E-state index contributed by atoms with van der Waals surface area (Å²) in [6, 6.07) is 3.71. The third-order valence-electron chi connectivity index (χ3n) is 3.24. The molecule has 0 saturated carbocycles. The lowest BCUT2D eigenvalue weighted by atomic mass is 9.97. The van der Waals surface area contributed by atoms with E-state index in [1.807, 2.05) is 12.1 Å². The van der Waals surface area contributed by atoms with Crippen LogP contribution in [0.1, 0.15) is 30.9 Å². The lowest BCUT2D eigenvalue weighted by Gasteiger charge is -2.17. The van der Waals surface area contributed by atoms with E-state index in [0.29, 0.717) is 13.0 Å². The third kappa shape index (κ3) is 3.19. The molecule has 0 aromatic carbocycles. The summed E-state index contributed by atoms with van der Waals surface area (Å²) >= 11 is 0. The van der Waals surface area contributed by atoms with Crippen LogP contribution < -0.4 is 5.32 Å². The van der Waals surface area contributed by atoms with Crippen molar-refractivity contribution in [1.82, 2.24) is 10.3 Å². The maximum atomic E-state index is 12.6. The molecule has 1 fully saturated rings. The van der Waals surface area contributed by atoms with Gasteiger partial charge in [0.15, 0.2) is 0 Å². The minimum atomic E-state index is -4.06. The van der Waals surface area contributed by atoms with Gasteiger partial charge in [-0.3, -0.25) is 4.98 Å². The predicted molar refractivity (Wildman–Crippen MR) is 58.4 cm³/mol. The van der Waals surface area contributed by atoms with Crippen LogP contribution in [-0.4, -0.2) is 17.7 Å². The smallest absolute Gasteiger partial charge is 0.310 e. The summed E-state index contributed by atoms with van der Waals surface area (Å²) in [6.07, 6.45) is 0.183. The highest BCUT2D eigenvalue weighted by Crippen LogP contribution is 2.36. The number of rotatable bonds is 1. The van der Waals surface area contributed by atoms with E-state index in [0.717, 1.165) is 5.56 Å². The van der Waals surface area contributed by atoms with Crippen LogP contribution >= 0.6 is 0 Å². The molecule has 0 radical (unpaired) electrons. The van der Waals surface area contributed by atoms with Gasteiger partial charge in [0, 0.05) is 18.4 Å². The molecule has 1 aliphatic heterocycles. The van der Waals surface area contributed by atoms with Gasteiger partial charge in [0.25, 0.3) is 0 Å². The van der Waals surface area contributed by atoms with E-state index < -0.39 is 12.1 Å². The summed E-state index contributed by atoms with van der Waals surface area (Å²) in [4.78, 5) is 4.00. The Morgan fingerprint density at radius 3 is 2.71 bits per heavy atom. The summed E-state index contributed by atoms with van der Waals surface area (Å²) < 4.78 is 37.8. The van der Waals surface area contributed by atoms with Gasteiger partial charge in [-0.05, 0) is 37.4 Å². The molecule has 1 aliphatic rings. The second-order valence-corrected chi connectivity index (χ2v) is 4.40. The molecule has 1 aromatic rings. The van der Waals surface area contributed by atoms with Crippen molar-refractivity contribution in [2.75, 3.05) is 6.54 Å². The van der Waals surface area contributed by atoms with Gasteiger partial charge in [0.05, 0.1) is 5.92 Å². The fraction of sp³-hybridized carbons (Fsp3) is 0.583. The van der Waals surface area contributed by atoms with Gasteiger partial charge >= 0.3 is 6.18 Å². The predicted octanol–water partition coefficient (Wildman–Crippen LogP) is 3.07. The van der Waals surface area contributed by atoms with Gasteiger partial charge < -0.3 is 5.32 Å². The van der Waals surface area contributed by atoms with Gasteiger partial charge in [-0.1, -0.05) is 6.07 Å². The average Bonchev–Trinajstić information content (AvgIpc) is 2.55. The molecule has 1 N–H and O–H groups in total. The van der Waals surface area contributed by atoms with Gasteiger partial charge in [0.2, 0.25) is 0 Å². The summed E-state index contributed by atoms with van der Waals surface area (Å²) in [6.45, 7) is 0.406. The number of alkyl halides is 3. The van der Waals surface area contributed by atoms with Crippen molar-refractivity contribution in [3.8, 4) is 0 Å². The molecule has 0 spiro atoms. The molecular formula is C12H15F3N2. The minimum absolute atomic E-state index is 0.00366. The molecule has 1 aromatic heterocycles. The first-order chi connectivity index (χ1) is 8.07. The van der Waals surface area contributed by atoms with Crippen molar-refractivity contribution >= 4 is 0 Å². The van der Waals surface area contributed by atoms with E-state index in [9.17, 15) is 13.2 Å². The highest BCUT2D eigenvalue weighted by Gasteiger charge is 2.40. The lowest BCUT2D eigenvalue weighted by Crippen LogP contribution is -2.24. The number of halogens is 3. The summed E-state index contributed by atoms with van der Waals surface area (Å²) in [5, 5.41) is 3.16. The number of hydrogen-bond acceptors (Lipinski definition) is 2. The SMILES string of the molecule is FC(F)(F)[C@@H]1CCN[C@H](c2cccnc2)CC1. The van der Waals surface area contributed by atoms with Crippen LogP contribution in [0, 0.1) is 5.92 Å². The van der Waals surface area contributed by atoms with Crippen LogP contribution in [0.15, 0.2) is 24.5 Å². The largest absolute Gasteiger partial charge is 0.391 e. The molecule has 0 amide bonds. The van der Waals surface area contributed by atoms with E-state index in [4.69, 9.17) is 0 Å². The first kappa shape index (κ1) is 12.4. The molecule has 0 unspecified atom stereocenters. The Morgan fingerprint density at radius 1 is 1.24 bits per heavy atom. The second-order valence-electron chi connectivity index (χ2n) is 4.40. The molecule has 5 heteroatoms. The van der Waals surface area contributed by atoms with Crippen LogP contribution in [0.4, 0.5) is 13.2 Å². The minimum Gasteiger partial charge on any atom is -0.310 e. The number of pyridine rings is 1. The molecule has 2 atom stereocenters. The second kappa shape index (κ2) is 5.04. The maximum Gasteiger partial charge on any atom is 0.391 e. The Bertz CT molecular complexity index is 351. The molecule has 2 rings (SSSR count). The zero-order chi connectivity index (χ0) is 12.3. The van der Waals surface area contributed by atoms with Crippen molar-refractivity contribution in [3.63, 3.8) is 0 Å². The zero-order valence-electron chi connectivity index (χ0n) is 9.37. The summed E-state index contributed by atoms with van der Waals surface area (Å²) in [7, 11) is 0.